The molecule has 0 aliphatic heterocycles. The lowest BCUT2D eigenvalue weighted by molar-refractivity contribution is 0.0889. The lowest BCUT2D eigenvalue weighted by Crippen LogP contribution is -2.31. The summed E-state index contributed by atoms with van der Waals surface area (Å²) >= 11 is 0. The Kier molecular flexibility index (Phi) is 5.18. The van der Waals surface area contributed by atoms with E-state index in [0.29, 0.717) is 6.42 Å². The molecule has 0 bridgehead atoms. The third kappa shape index (κ3) is 3.80. The van der Waals surface area contributed by atoms with Crippen LogP contribution >= 0.6 is 0 Å². The fourth-order valence-electron chi connectivity index (χ4n) is 3.40. The van der Waals surface area contributed by atoms with E-state index in [2.05, 4.69) is 0 Å². The summed E-state index contributed by atoms with van der Waals surface area (Å²) in [5.41, 5.74) is 2.30. The number of aliphatic hydroxyl groups is 1. The maximum atomic E-state index is 11.9. The fraction of sp³-hybridized carbons (Fsp3) is 0.0800. The molecule has 0 spiro atoms. The summed E-state index contributed by atoms with van der Waals surface area (Å²) in [5, 5.41) is 16.7. The highest BCUT2D eigenvalue weighted by molar-refractivity contribution is 6.01. The predicted octanol–water partition coefficient (Wildman–Crippen LogP) is 5.07. The molecular weight excluding hydrogens is 344 g/mol. The molecule has 0 atom stereocenters. The molecule has 1 heterocycles. The summed E-state index contributed by atoms with van der Waals surface area (Å²) in [6.45, 7) is 0. The quantitative estimate of drug-likeness (QED) is 0.476. The van der Waals surface area contributed by atoms with Gasteiger partial charge in [-0.3, -0.25) is 0 Å². The third-order valence-corrected chi connectivity index (χ3v) is 4.86. The van der Waals surface area contributed by atoms with Gasteiger partial charge in [0.1, 0.15) is 5.60 Å². The van der Waals surface area contributed by atoms with Crippen molar-refractivity contribution in [3.05, 3.63) is 132 Å². The maximum absolute atomic E-state index is 11.9. The number of hydrogen-bond donors (Lipinski definition) is 1. The Morgan fingerprint density at radius 2 is 1.14 bits per heavy atom. The van der Waals surface area contributed by atoms with E-state index < -0.39 is 5.60 Å². The van der Waals surface area contributed by atoms with Crippen LogP contribution in [0.2, 0.25) is 0 Å². The molecular formula is C25H22N2O. The highest BCUT2D eigenvalue weighted by atomic mass is 16.3. The van der Waals surface area contributed by atoms with E-state index in [-0.39, 0.29) is 0 Å². The average Bonchev–Trinajstić information content (AvgIpc) is 3.28. The van der Waals surface area contributed by atoms with Crippen molar-refractivity contribution in [1.82, 2.24) is 4.68 Å². The zero-order valence-electron chi connectivity index (χ0n) is 15.5. The van der Waals surface area contributed by atoms with Crippen LogP contribution in [0.1, 0.15) is 23.1 Å². The minimum atomic E-state index is -1.19. The summed E-state index contributed by atoms with van der Waals surface area (Å²) in [5.74, 6) is 0. The van der Waals surface area contributed by atoms with Gasteiger partial charge in [0.15, 0.2) is 0 Å². The van der Waals surface area contributed by atoms with Gasteiger partial charge in [-0.25, -0.2) is 4.68 Å². The topological polar surface area (TPSA) is 37.5 Å². The standard InChI is InChI=1S/C25H22N2O/c28-25(22-14-6-2-7-15-22,23-16-8-3-9-17-23)20-24(21-12-4-1-5-13-21)26-27-18-10-11-19-27/h1-19,28H,20H2. The Labute approximate surface area is 165 Å². The molecule has 1 aromatic heterocycles. The second-order valence-electron chi connectivity index (χ2n) is 6.74. The van der Waals surface area contributed by atoms with Crippen molar-refractivity contribution >= 4 is 5.71 Å². The molecule has 0 saturated carbocycles. The lowest BCUT2D eigenvalue weighted by atomic mass is 9.81. The van der Waals surface area contributed by atoms with Crippen LogP contribution in [0.4, 0.5) is 0 Å². The smallest absolute Gasteiger partial charge is 0.120 e. The molecule has 0 amide bonds. The molecule has 0 aliphatic carbocycles. The highest BCUT2D eigenvalue weighted by Crippen LogP contribution is 2.34. The molecule has 3 nitrogen and oxygen atoms in total. The van der Waals surface area contributed by atoms with E-state index in [1.54, 1.807) is 4.68 Å². The van der Waals surface area contributed by atoms with Crippen molar-refractivity contribution in [2.75, 3.05) is 0 Å². The molecule has 0 saturated heterocycles. The zero-order chi connectivity index (χ0) is 19.2. The van der Waals surface area contributed by atoms with Crippen molar-refractivity contribution in [3.8, 4) is 0 Å². The predicted molar refractivity (Wildman–Crippen MR) is 113 cm³/mol. The second kappa shape index (κ2) is 8.07. The highest BCUT2D eigenvalue weighted by Gasteiger charge is 2.33. The van der Waals surface area contributed by atoms with E-state index in [0.717, 1.165) is 22.4 Å². The molecule has 0 aliphatic rings. The van der Waals surface area contributed by atoms with Crippen LogP contribution in [0, 0.1) is 0 Å². The molecule has 138 valence electrons. The van der Waals surface area contributed by atoms with Crippen LogP contribution in [0.25, 0.3) is 0 Å². The Morgan fingerprint density at radius 3 is 1.64 bits per heavy atom. The van der Waals surface area contributed by atoms with Gasteiger partial charge in [0.25, 0.3) is 0 Å². The summed E-state index contributed by atoms with van der Waals surface area (Å²) < 4.78 is 1.78. The Balaban J connectivity index is 1.84. The van der Waals surface area contributed by atoms with E-state index >= 15 is 0 Å². The number of nitrogens with zero attached hydrogens (tertiary/aromatic N) is 2. The van der Waals surface area contributed by atoms with Crippen LogP contribution in [-0.2, 0) is 5.60 Å². The first-order valence-electron chi connectivity index (χ1n) is 9.35. The molecule has 4 aromatic rings. The first-order chi connectivity index (χ1) is 13.8. The Morgan fingerprint density at radius 1 is 0.679 bits per heavy atom. The third-order valence-electron chi connectivity index (χ3n) is 4.86. The molecule has 0 fully saturated rings. The fourth-order valence-corrected chi connectivity index (χ4v) is 3.40. The van der Waals surface area contributed by atoms with Crippen molar-refractivity contribution < 1.29 is 5.11 Å². The van der Waals surface area contributed by atoms with Crippen molar-refractivity contribution in [1.29, 1.82) is 0 Å². The summed E-state index contributed by atoms with van der Waals surface area (Å²) in [6.07, 6.45) is 4.14. The molecule has 3 aromatic carbocycles. The van der Waals surface area contributed by atoms with Crippen LogP contribution < -0.4 is 0 Å². The van der Waals surface area contributed by atoms with E-state index in [1.165, 1.54) is 0 Å². The zero-order valence-corrected chi connectivity index (χ0v) is 15.5. The van der Waals surface area contributed by atoms with Crippen LogP contribution in [0.15, 0.2) is 121 Å². The van der Waals surface area contributed by atoms with Crippen LogP contribution in [0.5, 0.6) is 0 Å². The number of aromatic nitrogens is 1. The van der Waals surface area contributed by atoms with Crippen molar-refractivity contribution in [3.63, 3.8) is 0 Å². The maximum Gasteiger partial charge on any atom is 0.120 e. The van der Waals surface area contributed by atoms with Gasteiger partial charge in [0, 0.05) is 18.8 Å². The molecule has 3 heteroatoms. The van der Waals surface area contributed by atoms with Gasteiger partial charge in [-0.1, -0.05) is 91.0 Å². The molecule has 0 radical (unpaired) electrons. The van der Waals surface area contributed by atoms with Gasteiger partial charge in [0.2, 0.25) is 0 Å². The normalized spacial score (nSPS) is 12.1. The lowest BCUT2D eigenvalue weighted by Gasteiger charge is -2.30. The van der Waals surface area contributed by atoms with Gasteiger partial charge in [0.05, 0.1) is 5.71 Å². The minimum Gasteiger partial charge on any atom is -0.380 e. The molecule has 4 rings (SSSR count). The summed E-state index contributed by atoms with van der Waals surface area (Å²) in [6, 6.07) is 33.5. The number of hydrogen-bond acceptors (Lipinski definition) is 2. The molecule has 28 heavy (non-hydrogen) atoms. The number of rotatable bonds is 6. The van der Waals surface area contributed by atoms with Gasteiger partial charge in [-0.15, -0.1) is 0 Å². The molecule has 1 N–H and O–H groups in total. The van der Waals surface area contributed by atoms with E-state index in [1.807, 2.05) is 116 Å². The van der Waals surface area contributed by atoms with Crippen LogP contribution in [0.3, 0.4) is 0 Å². The largest absolute Gasteiger partial charge is 0.380 e. The van der Waals surface area contributed by atoms with Gasteiger partial charge < -0.3 is 5.11 Å². The monoisotopic (exact) mass is 366 g/mol. The number of benzene rings is 3. The first kappa shape index (κ1) is 18.0. The summed E-state index contributed by atoms with van der Waals surface area (Å²) in [7, 11) is 0. The average molecular weight is 366 g/mol. The van der Waals surface area contributed by atoms with Gasteiger partial charge in [-0.2, -0.15) is 5.10 Å². The Hall–Kier alpha value is -3.43. The first-order valence-corrected chi connectivity index (χ1v) is 9.35. The van der Waals surface area contributed by atoms with E-state index in [4.69, 9.17) is 5.10 Å². The van der Waals surface area contributed by atoms with Gasteiger partial charge in [-0.05, 0) is 28.8 Å². The van der Waals surface area contributed by atoms with Crippen molar-refractivity contribution in [2.45, 2.75) is 12.0 Å². The minimum absolute atomic E-state index is 0.350. The molecule has 0 unspecified atom stereocenters. The second-order valence-corrected chi connectivity index (χ2v) is 6.74. The van der Waals surface area contributed by atoms with Crippen LogP contribution in [-0.4, -0.2) is 15.5 Å². The Bertz CT molecular complexity index is 984. The van der Waals surface area contributed by atoms with E-state index in [9.17, 15) is 5.11 Å². The SMILES string of the molecule is OC(CC(=Nn1cccc1)c1ccccc1)(c1ccccc1)c1ccccc1. The van der Waals surface area contributed by atoms with Gasteiger partial charge >= 0.3 is 0 Å². The summed E-state index contributed by atoms with van der Waals surface area (Å²) in [4.78, 5) is 0. The van der Waals surface area contributed by atoms with Crippen molar-refractivity contribution in [2.24, 2.45) is 5.10 Å².